The largest absolute Gasteiger partial charge is 0.508 e. The molecule has 4 aromatic rings. The van der Waals surface area contributed by atoms with Crippen molar-refractivity contribution in [2.24, 2.45) is 0 Å². The van der Waals surface area contributed by atoms with Gasteiger partial charge in [0.25, 0.3) is 0 Å². The van der Waals surface area contributed by atoms with Gasteiger partial charge < -0.3 is 15.7 Å². The first-order chi connectivity index (χ1) is 14.2. The molecule has 0 saturated heterocycles. The Labute approximate surface area is 169 Å². The average molecular weight is 383 g/mol. The first-order valence-corrected chi connectivity index (χ1v) is 9.41. The summed E-state index contributed by atoms with van der Waals surface area (Å²) in [6.45, 7) is 0.364. The van der Waals surface area contributed by atoms with Crippen molar-refractivity contribution in [2.45, 2.75) is 12.6 Å². The summed E-state index contributed by atoms with van der Waals surface area (Å²) in [7, 11) is 0. The van der Waals surface area contributed by atoms with E-state index in [1.807, 2.05) is 72.8 Å². The Morgan fingerprint density at radius 2 is 1.72 bits per heavy atom. The molecule has 1 heterocycles. The number of nitrogens with one attached hydrogen (secondary N) is 2. The number of nitrogens with zero attached hydrogens (tertiary/aromatic N) is 1. The smallest absolute Gasteiger partial charge is 0.315 e. The molecule has 0 aliphatic rings. The summed E-state index contributed by atoms with van der Waals surface area (Å²) in [5.41, 5.74) is 2.47. The number of fused-ring (bicyclic) bond motifs is 1. The van der Waals surface area contributed by atoms with Crippen molar-refractivity contribution in [1.29, 1.82) is 0 Å². The van der Waals surface area contributed by atoms with Crippen LogP contribution in [-0.4, -0.2) is 16.1 Å². The van der Waals surface area contributed by atoms with Crippen molar-refractivity contribution in [3.8, 4) is 5.75 Å². The molecule has 0 aliphatic heterocycles. The predicted molar refractivity (Wildman–Crippen MR) is 114 cm³/mol. The van der Waals surface area contributed by atoms with Gasteiger partial charge in [0.2, 0.25) is 0 Å². The van der Waals surface area contributed by atoms with Gasteiger partial charge in [0.15, 0.2) is 0 Å². The van der Waals surface area contributed by atoms with Crippen LogP contribution in [0.1, 0.15) is 22.7 Å². The van der Waals surface area contributed by atoms with Gasteiger partial charge in [-0.15, -0.1) is 0 Å². The maximum atomic E-state index is 12.7. The SMILES string of the molecule is O=C(NCc1cccnc1)NC(c1ccccc1)c1c(O)ccc2ccccc12. The standard InChI is InChI=1S/C24H21N3O2/c28-21-13-12-18-8-4-5-11-20(18)22(21)23(19-9-2-1-3-10-19)27-24(29)26-16-17-7-6-14-25-15-17/h1-15,23,28H,16H2,(H2,26,27,29). The van der Waals surface area contributed by atoms with Gasteiger partial charge in [-0.25, -0.2) is 4.79 Å². The first kappa shape index (κ1) is 18.5. The second-order valence-electron chi connectivity index (χ2n) is 6.75. The minimum Gasteiger partial charge on any atom is -0.508 e. The summed E-state index contributed by atoms with van der Waals surface area (Å²) >= 11 is 0. The van der Waals surface area contributed by atoms with Crippen LogP contribution in [0.5, 0.6) is 5.75 Å². The fraction of sp³-hybridized carbons (Fsp3) is 0.0833. The van der Waals surface area contributed by atoms with Crippen molar-refractivity contribution < 1.29 is 9.90 Å². The number of amides is 2. The van der Waals surface area contributed by atoms with Crippen LogP contribution in [0.2, 0.25) is 0 Å². The quantitative estimate of drug-likeness (QED) is 0.474. The number of phenols is 1. The molecule has 1 aromatic heterocycles. The number of hydrogen-bond donors (Lipinski definition) is 3. The summed E-state index contributed by atoms with van der Waals surface area (Å²) in [6, 6.07) is 23.9. The molecule has 0 fully saturated rings. The molecule has 0 bridgehead atoms. The van der Waals surface area contributed by atoms with E-state index in [-0.39, 0.29) is 11.8 Å². The van der Waals surface area contributed by atoms with Crippen molar-refractivity contribution in [1.82, 2.24) is 15.6 Å². The number of rotatable bonds is 5. The lowest BCUT2D eigenvalue weighted by molar-refractivity contribution is 0.238. The van der Waals surface area contributed by atoms with Gasteiger partial charge in [0.1, 0.15) is 5.75 Å². The maximum absolute atomic E-state index is 12.7. The lowest BCUT2D eigenvalue weighted by Gasteiger charge is -2.23. The third-order valence-corrected chi connectivity index (χ3v) is 4.82. The zero-order chi connectivity index (χ0) is 20.1. The Bertz CT molecular complexity index is 1110. The van der Waals surface area contributed by atoms with E-state index in [4.69, 9.17) is 0 Å². The minimum absolute atomic E-state index is 0.144. The van der Waals surface area contributed by atoms with Crippen LogP contribution in [0.15, 0.2) is 91.3 Å². The molecule has 144 valence electrons. The maximum Gasteiger partial charge on any atom is 0.315 e. The molecule has 4 rings (SSSR count). The average Bonchev–Trinajstić information content (AvgIpc) is 2.78. The summed E-state index contributed by atoms with van der Waals surface area (Å²) in [4.78, 5) is 16.8. The zero-order valence-electron chi connectivity index (χ0n) is 15.7. The number of urea groups is 1. The summed E-state index contributed by atoms with van der Waals surface area (Å²) in [5, 5.41) is 18.5. The van der Waals surface area contributed by atoms with Gasteiger partial charge in [-0.1, -0.05) is 66.7 Å². The summed E-state index contributed by atoms with van der Waals surface area (Å²) in [5.74, 6) is 0.144. The highest BCUT2D eigenvalue weighted by molar-refractivity contribution is 5.89. The lowest BCUT2D eigenvalue weighted by atomic mass is 9.93. The number of benzene rings is 3. The monoisotopic (exact) mass is 383 g/mol. The Balaban J connectivity index is 1.67. The molecule has 5 nitrogen and oxygen atoms in total. The van der Waals surface area contributed by atoms with E-state index in [0.717, 1.165) is 21.9 Å². The van der Waals surface area contributed by atoms with E-state index in [9.17, 15) is 9.90 Å². The summed E-state index contributed by atoms with van der Waals surface area (Å²) in [6.07, 6.45) is 3.41. The fourth-order valence-electron chi connectivity index (χ4n) is 3.42. The number of carbonyl (C=O) groups is 1. The lowest BCUT2D eigenvalue weighted by Crippen LogP contribution is -2.38. The molecule has 2 amide bonds. The van der Waals surface area contributed by atoms with Gasteiger partial charge in [0, 0.05) is 24.5 Å². The molecule has 0 saturated carbocycles. The molecule has 29 heavy (non-hydrogen) atoms. The van der Waals surface area contributed by atoms with Crippen molar-refractivity contribution in [3.05, 3.63) is 108 Å². The van der Waals surface area contributed by atoms with E-state index >= 15 is 0 Å². The second-order valence-corrected chi connectivity index (χ2v) is 6.75. The fourth-order valence-corrected chi connectivity index (χ4v) is 3.42. The number of hydrogen-bond acceptors (Lipinski definition) is 3. The Kier molecular flexibility index (Phi) is 5.38. The molecule has 3 N–H and O–H groups in total. The normalized spacial score (nSPS) is 11.7. The predicted octanol–water partition coefficient (Wildman–Crippen LogP) is 4.53. The van der Waals surface area contributed by atoms with Crippen molar-refractivity contribution in [3.63, 3.8) is 0 Å². The zero-order valence-corrected chi connectivity index (χ0v) is 15.7. The molecule has 0 aliphatic carbocycles. The Hall–Kier alpha value is -3.86. The molecule has 5 heteroatoms. The van der Waals surface area contributed by atoms with E-state index in [1.54, 1.807) is 18.5 Å². The molecular formula is C24H21N3O2. The molecular weight excluding hydrogens is 362 g/mol. The first-order valence-electron chi connectivity index (χ1n) is 9.41. The Morgan fingerprint density at radius 3 is 2.52 bits per heavy atom. The Morgan fingerprint density at radius 1 is 0.931 bits per heavy atom. The highest BCUT2D eigenvalue weighted by Crippen LogP contribution is 2.35. The number of aromatic nitrogens is 1. The van der Waals surface area contributed by atoms with E-state index in [2.05, 4.69) is 15.6 Å². The van der Waals surface area contributed by atoms with Crippen LogP contribution >= 0.6 is 0 Å². The highest BCUT2D eigenvalue weighted by Gasteiger charge is 2.22. The highest BCUT2D eigenvalue weighted by atomic mass is 16.3. The van der Waals surface area contributed by atoms with Crippen LogP contribution < -0.4 is 10.6 Å². The molecule has 0 radical (unpaired) electrons. The van der Waals surface area contributed by atoms with Gasteiger partial charge in [-0.2, -0.15) is 0 Å². The minimum atomic E-state index is -0.504. The van der Waals surface area contributed by atoms with Crippen LogP contribution in [0.3, 0.4) is 0 Å². The molecule has 1 unspecified atom stereocenters. The van der Waals surface area contributed by atoms with Gasteiger partial charge >= 0.3 is 6.03 Å². The number of carbonyl (C=O) groups excluding carboxylic acids is 1. The molecule has 3 aromatic carbocycles. The van der Waals surface area contributed by atoms with Crippen LogP contribution in [-0.2, 0) is 6.54 Å². The molecule has 1 atom stereocenters. The topological polar surface area (TPSA) is 74.2 Å². The van der Waals surface area contributed by atoms with Gasteiger partial charge in [0.05, 0.1) is 6.04 Å². The van der Waals surface area contributed by atoms with Crippen molar-refractivity contribution in [2.75, 3.05) is 0 Å². The van der Waals surface area contributed by atoms with Crippen LogP contribution in [0.25, 0.3) is 10.8 Å². The number of pyridine rings is 1. The summed E-state index contributed by atoms with van der Waals surface area (Å²) < 4.78 is 0. The van der Waals surface area contributed by atoms with Crippen LogP contribution in [0, 0.1) is 0 Å². The molecule has 0 spiro atoms. The van der Waals surface area contributed by atoms with E-state index in [1.165, 1.54) is 0 Å². The van der Waals surface area contributed by atoms with E-state index in [0.29, 0.717) is 12.1 Å². The third kappa shape index (κ3) is 4.19. The number of phenolic OH excluding ortho intramolecular Hbond substituents is 1. The van der Waals surface area contributed by atoms with Gasteiger partial charge in [-0.3, -0.25) is 4.98 Å². The number of aromatic hydroxyl groups is 1. The van der Waals surface area contributed by atoms with Crippen LogP contribution in [0.4, 0.5) is 4.79 Å². The van der Waals surface area contributed by atoms with E-state index < -0.39 is 6.04 Å². The van der Waals surface area contributed by atoms with Gasteiger partial charge in [-0.05, 0) is 34.0 Å². The van der Waals surface area contributed by atoms with Crippen molar-refractivity contribution >= 4 is 16.8 Å². The third-order valence-electron chi connectivity index (χ3n) is 4.82. The second kappa shape index (κ2) is 8.44.